The Balaban J connectivity index is 2.29. The van der Waals surface area contributed by atoms with Crippen molar-refractivity contribution in [1.29, 1.82) is 0 Å². The summed E-state index contributed by atoms with van der Waals surface area (Å²) in [6.07, 6.45) is -23.9. The maximum Gasteiger partial charge on any atom is 0.303 e. The van der Waals surface area contributed by atoms with Crippen molar-refractivity contribution in [2.45, 2.75) is 168 Å². The predicted molar refractivity (Wildman–Crippen MR) is 208 cm³/mol. The van der Waals surface area contributed by atoms with Crippen LogP contribution in [0.4, 0.5) is 0 Å². The molecular formula is C40H57NO25. The van der Waals surface area contributed by atoms with Crippen LogP contribution < -0.4 is 5.32 Å². The van der Waals surface area contributed by atoms with Crippen LogP contribution in [0.25, 0.3) is 0 Å². The Hall–Kier alpha value is -5.54. The monoisotopic (exact) mass is 951 g/mol. The van der Waals surface area contributed by atoms with Crippen molar-refractivity contribution in [3.8, 4) is 0 Å². The number of rotatable bonds is 19. The highest BCUT2D eigenvalue weighted by atomic mass is 16.8. The molecule has 3 heterocycles. The van der Waals surface area contributed by atoms with Crippen LogP contribution in [0.2, 0.25) is 0 Å². The van der Waals surface area contributed by atoms with Gasteiger partial charge in [-0.05, 0) is 6.92 Å². The van der Waals surface area contributed by atoms with Crippen molar-refractivity contribution in [2.75, 3.05) is 26.4 Å². The van der Waals surface area contributed by atoms with Gasteiger partial charge < -0.3 is 76.4 Å². The first kappa shape index (κ1) is 54.8. The molecule has 15 atom stereocenters. The van der Waals surface area contributed by atoms with Gasteiger partial charge in [-0.1, -0.05) is 0 Å². The third kappa shape index (κ3) is 16.4. The SMILES string of the molecule is CCO[C@@H]1O[C@H](COC(C)=O)[C@@H](O[C@@H]2O[C@H](COC(C)=O)[C@H](O[C@H]3O[C@H](COC(C)=O)[C@H](OC(C)=O)[C@H](OC(C)=O)[C@H]3OC(C)=O)[C@H](OC(C)=O)[C@H]2OC(C)=O)[C@H](OC(C)=O)[C@H]1NC(C)=O. The minimum Gasteiger partial charge on any atom is -0.463 e. The van der Waals surface area contributed by atoms with Crippen molar-refractivity contribution in [1.82, 2.24) is 5.32 Å². The van der Waals surface area contributed by atoms with Crippen LogP contribution in [0.5, 0.6) is 0 Å². The van der Waals surface area contributed by atoms with Crippen molar-refractivity contribution in [2.24, 2.45) is 0 Å². The molecule has 3 saturated heterocycles. The normalized spacial score (nSPS) is 31.7. The van der Waals surface area contributed by atoms with Crippen molar-refractivity contribution < 1.29 is 119 Å². The molecule has 3 aliphatic rings. The smallest absolute Gasteiger partial charge is 0.303 e. The van der Waals surface area contributed by atoms with Crippen LogP contribution in [0.15, 0.2) is 0 Å². The van der Waals surface area contributed by atoms with E-state index in [2.05, 4.69) is 5.32 Å². The first-order chi connectivity index (χ1) is 30.9. The van der Waals surface area contributed by atoms with Gasteiger partial charge in [-0.15, -0.1) is 0 Å². The van der Waals surface area contributed by atoms with Gasteiger partial charge in [0.15, 0.2) is 55.5 Å². The summed E-state index contributed by atoms with van der Waals surface area (Å²) < 4.78 is 86.4. The number of carbonyl (C=O) groups excluding carboxylic acids is 10. The third-order valence-corrected chi connectivity index (χ3v) is 9.28. The summed E-state index contributed by atoms with van der Waals surface area (Å²) in [4.78, 5) is 125. The van der Waals surface area contributed by atoms with E-state index in [1.165, 1.54) is 0 Å². The molecule has 0 aromatic heterocycles. The second kappa shape index (κ2) is 25.4. The van der Waals surface area contributed by atoms with Crippen molar-refractivity contribution in [3.05, 3.63) is 0 Å². The molecule has 66 heavy (non-hydrogen) atoms. The van der Waals surface area contributed by atoms with Gasteiger partial charge in [0.2, 0.25) is 5.91 Å². The van der Waals surface area contributed by atoms with Crippen LogP contribution in [-0.4, -0.2) is 178 Å². The highest BCUT2D eigenvalue weighted by molar-refractivity contribution is 5.74. The third-order valence-electron chi connectivity index (χ3n) is 9.28. The summed E-state index contributed by atoms with van der Waals surface area (Å²) in [5.41, 5.74) is 0. The minimum atomic E-state index is -1.96. The van der Waals surface area contributed by atoms with Crippen LogP contribution in [-0.2, 0) is 119 Å². The molecule has 0 bridgehead atoms. The Morgan fingerprint density at radius 1 is 0.379 bits per heavy atom. The zero-order valence-electron chi connectivity index (χ0n) is 38.2. The molecule has 0 spiro atoms. The second-order valence-electron chi connectivity index (χ2n) is 14.9. The summed E-state index contributed by atoms with van der Waals surface area (Å²) in [5, 5.41) is 2.60. The zero-order chi connectivity index (χ0) is 49.6. The summed E-state index contributed by atoms with van der Waals surface area (Å²) in [6, 6.07) is -1.32. The highest BCUT2D eigenvalue weighted by Crippen LogP contribution is 2.38. The second-order valence-corrected chi connectivity index (χ2v) is 14.9. The van der Waals surface area contributed by atoms with E-state index in [0.717, 1.165) is 69.2 Å². The molecule has 3 fully saturated rings. The van der Waals surface area contributed by atoms with Gasteiger partial charge in [0, 0.05) is 75.8 Å². The molecule has 0 aliphatic carbocycles. The number of esters is 9. The number of carbonyl (C=O) groups is 10. The molecule has 26 heteroatoms. The Kier molecular flexibility index (Phi) is 21.1. The van der Waals surface area contributed by atoms with Crippen LogP contribution in [0.3, 0.4) is 0 Å². The van der Waals surface area contributed by atoms with Gasteiger partial charge in [-0.3, -0.25) is 47.9 Å². The topological polar surface area (TPSA) is 321 Å². The fraction of sp³-hybridized carbons (Fsp3) is 0.750. The van der Waals surface area contributed by atoms with E-state index < -0.39 is 172 Å². The molecule has 3 rings (SSSR count). The zero-order valence-corrected chi connectivity index (χ0v) is 38.2. The number of hydrogen-bond acceptors (Lipinski definition) is 25. The van der Waals surface area contributed by atoms with E-state index in [4.69, 9.17) is 71.1 Å². The molecule has 0 saturated carbocycles. The van der Waals surface area contributed by atoms with E-state index >= 15 is 0 Å². The summed E-state index contributed by atoms with van der Waals surface area (Å²) in [6.45, 7) is 9.92. The van der Waals surface area contributed by atoms with Gasteiger partial charge in [-0.25, -0.2) is 0 Å². The van der Waals surface area contributed by atoms with Crippen LogP contribution in [0, 0.1) is 0 Å². The summed E-state index contributed by atoms with van der Waals surface area (Å²) in [7, 11) is 0. The lowest BCUT2D eigenvalue weighted by Gasteiger charge is -2.50. The molecule has 0 unspecified atom stereocenters. The molecule has 0 aromatic carbocycles. The number of hydrogen-bond donors (Lipinski definition) is 1. The van der Waals surface area contributed by atoms with E-state index in [-0.39, 0.29) is 6.61 Å². The maximum atomic E-state index is 13.0. The molecule has 1 amide bonds. The standard InChI is InChI=1S/C40H57NO25/c1-12-52-38-29(41-16(2)42)33(57-21(7)47)30(26(62-38)13-53-17(3)43)65-39-37(61-25(11)51)35(59-23(9)49)32(28(64-39)15-55-19(5)45)66-40-36(60-24(10)50)34(58-22(8)48)31(56-20(6)46)27(63-40)14-54-18(4)44/h26-40H,12-15H2,1-11H3,(H,41,42)/t26-,27-,28-,29-,30-,31+,32+,33-,34+,35+,36-,37-,38-,39+,40-/m1/s1. The predicted octanol–water partition coefficient (Wildman–Crippen LogP) is -1.25. The molecular weight excluding hydrogens is 894 g/mol. The summed E-state index contributed by atoms with van der Waals surface area (Å²) in [5.74, 6) is -8.94. The van der Waals surface area contributed by atoms with E-state index in [1.54, 1.807) is 6.92 Å². The fourth-order valence-corrected chi connectivity index (χ4v) is 7.16. The number of ether oxygens (including phenoxy) is 15. The minimum absolute atomic E-state index is 0.0163. The molecule has 1 N–H and O–H groups in total. The Morgan fingerprint density at radius 2 is 0.682 bits per heavy atom. The van der Waals surface area contributed by atoms with E-state index in [1.807, 2.05) is 0 Å². The maximum absolute atomic E-state index is 13.0. The van der Waals surface area contributed by atoms with Crippen molar-refractivity contribution >= 4 is 59.6 Å². The van der Waals surface area contributed by atoms with Gasteiger partial charge >= 0.3 is 53.7 Å². The average Bonchev–Trinajstić information content (AvgIpc) is 3.17. The number of nitrogens with one attached hydrogen (secondary N) is 1. The summed E-state index contributed by atoms with van der Waals surface area (Å²) >= 11 is 0. The molecule has 372 valence electrons. The fourth-order valence-electron chi connectivity index (χ4n) is 7.16. The van der Waals surface area contributed by atoms with Crippen molar-refractivity contribution in [3.63, 3.8) is 0 Å². The Labute approximate surface area is 378 Å². The molecule has 0 radical (unpaired) electrons. The molecule has 3 aliphatic heterocycles. The quantitative estimate of drug-likeness (QED) is 0.117. The Morgan fingerprint density at radius 3 is 1.03 bits per heavy atom. The van der Waals surface area contributed by atoms with E-state index in [0.29, 0.717) is 0 Å². The lowest BCUT2D eigenvalue weighted by atomic mass is 9.94. The first-order valence-electron chi connectivity index (χ1n) is 20.5. The Bertz CT molecular complexity index is 1770. The first-order valence-corrected chi connectivity index (χ1v) is 20.5. The lowest BCUT2D eigenvalue weighted by Crippen LogP contribution is -2.70. The van der Waals surface area contributed by atoms with Gasteiger partial charge in [0.25, 0.3) is 0 Å². The van der Waals surface area contributed by atoms with Crippen LogP contribution >= 0.6 is 0 Å². The van der Waals surface area contributed by atoms with E-state index in [9.17, 15) is 47.9 Å². The molecule has 0 aromatic rings. The largest absolute Gasteiger partial charge is 0.463 e. The van der Waals surface area contributed by atoms with Gasteiger partial charge in [-0.2, -0.15) is 0 Å². The van der Waals surface area contributed by atoms with Gasteiger partial charge in [0.1, 0.15) is 56.4 Å². The molecule has 26 nitrogen and oxygen atoms in total. The lowest BCUT2D eigenvalue weighted by molar-refractivity contribution is -0.375. The number of amides is 1. The van der Waals surface area contributed by atoms with Gasteiger partial charge in [0.05, 0.1) is 0 Å². The average molecular weight is 952 g/mol. The highest BCUT2D eigenvalue weighted by Gasteiger charge is 2.59. The van der Waals surface area contributed by atoms with Crippen LogP contribution in [0.1, 0.15) is 76.2 Å².